The number of rotatable bonds is 5. The lowest BCUT2D eigenvalue weighted by Crippen LogP contribution is -2.15. The van der Waals surface area contributed by atoms with Crippen LogP contribution in [0.4, 0.5) is 10.2 Å². The molecule has 0 spiro atoms. The summed E-state index contributed by atoms with van der Waals surface area (Å²) in [5.74, 6) is 0.631. The number of nitriles is 1. The van der Waals surface area contributed by atoms with Crippen molar-refractivity contribution in [2.24, 2.45) is 0 Å². The first kappa shape index (κ1) is 17.4. The second-order valence-corrected chi connectivity index (χ2v) is 6.03. The van der Waals surface area contributed by atoms with Crippen LogP contribution in [0, 0.1) is 17.1 Å². The molecule has 4 rings (SSSR count). The zero-order valence-corrected chi connectivity index (χ0v) is 14.7. The highest BCUT2D eigenvalue weighted by Gasteiger charge is 2.21. The van der Waals surface area contributed by atoms with Gasteiger partial charge in [0.05, 0.1) is 17.2 Å². The summed E-state index contributed by atoms with van der Waals surface area (Å²) in [5.41, 5.74) is 2.43. The molecule has 0 saturated carbocycles. The van der Waals surface area contributed by atoms with Crippen molar-refractivity contribution in [2.75, 3.05) is 5.32 Å². The van der Waals surface area contributed by atoms with E-state index in [2.05, 4.69) is 32.9 Å². The normalized spacial score (nSPS) is 11.7. The standard InChI is InChI=1S/C21H15FN6/c1-2-17(26-20-14(11-23)12-24-13-25-20)21-27-18-9-8-15(22)10-19(18)28(21)16-6-4-3-5-7-16/h2-10,12-13,17H,1H2,(H,24,25,26). The lowest BCUT2D eigenvalue weighted by Gasteiger charge is -2.18. The number of benzene rings is 2. The summed E-state index contributed by atoms with van der Waals surface area (Å²) in [5, 5.41) is 12.5. The summed E-state index contributed by atoms with van der Waals surface area (Å²) in [6.45, 7) is 3.90. The first-order valence-electron chi connectivity index (χ1n) is 8.54. The minimum Gasteiger partial charge on any atom is -0.356 e. The molecule has 2 heterocycles. The maximum atomic E-state index is 13.9. The molecule has 2 aromatic heterocycles. The van der Waals surface area contributed by atoms with E-state index in [0.29, 0.717) is 28.2 Å². The maximum Gasteiger partial charge on any atom is 0.148 e. The second-order valence-electron chi connectivity index (χ2n) is 6.03. The highest BCUT2D eigenvalue weighted by molar-refractivity contribution is 5.78. The Labute approximate surface area is 160 Å². The molecule has 1 unspecified atom stereocenters. The number of nitrogens with one attached hydrogen (secondary N) is 1. The van der Waals surface area contributed by atoms with E-state index in [-0.39, 0.29) is 5.82 Å². The van der Waals surface area contributed by atoms with Gasteiger partial charge in [0.2, 0.25) is 0 Å². The van der Waals surface area contributed by atoms with Crippen LogP contribution in [0.25, 0.3) is 16.7 Å². The number of hydrogen-bond acceptors (Lipinski definition) is 5. The van der Waals surface area contributed by atoms with Gasteiger partial charge in [-0.15, -0.1) is 6.58 Å². The molecule has 1 N–H and O–H groups in total. The summed E-state index contributed by atoms with van der Waals surface area (Å²) in [7, 11) is 0. The van der Waals surface area contributed by atoms with E-state index >= 15 is 0 Å². The molecular formula is C21H15FN6. The number of nitrogens with zero attached hydrogens (tertiary/aromatic N) is 5. The van der Waals surface area contributed by atoms with Crippen LogP contribution in [-0.4, -0.2) is 19.5 Å². The third-order valence-electron chi connectivity index (χ3n) is 4.30. The quantitative estimate of drug-likeness (QED) is 0.534. The Balaban J connectivity index is 1.89. The summed E-state index contributed by atoms with van der Waals surface area (Å²) in [6, 6.07) is 15.6. The fraction of sp³-hybridized carbons (Fsp3) is 0.0476. The molecule has 0 aliphatic heterocycles. The number of imidazole rings is 1. The minimum atomic E-state index is -0.474. The van der Waals surface area contributed by atoms with Gasteiger partial charge in [0.25, 0.3) is 0 Å². The molecule has 0 fully saturated rings. The van der Waals surface area contributed by atoms with Gasteiger partial charge in [-0.25, -0.2) is 19.3 Å². The van der Waals surface area contributed by atoms with Gasteiger partial charge in [0.1, 0.15) is 41.5 Å². The summed E-state index contributed by atoms with van der Waals surface area (Å²) < 4.78 is 15.8. The second kappa shape index (κ2) is 7.29. The third-order valence-corrected chi connectivity index (χ3v) is 4.30. The Morgan fingerprint density at radius 3 is 2.79 bits per heavy atom. The SMILES string of the molecule is C=CC(Nc1ncncc1C#N)c1nc2ccc(F)cc2n1-c1ccccc1. The molecule has 4 aromatic rings. The van der Waals surface area contributed by atoms with Crippen LogP contribution < -0.4 is 5.32 Å². The Morgan fingerprint density at radius 2 is 2.04 bits per heavy atom. The lowest BCUT2D eigenvalue weighted by atomic mass is 10.2. The van der Waals surface area contributed by atoms with Crippen molar-refractivity contribution in [2.45, 2.75) is 6.04 Å². The van der Waals surface area contributed by atoms with Gasteiger partial charge >= 0.3 is 0 Å². The Hall–Kier alpha value is -4.05. The van der Waals surface area contributed by atoms with Crippen LogP contribution in [0.2, 0.25) is 0 Å². The molecular weight excluding hydrogens is 355 g/mol. The predicted molar refractivity (Wildman–Crippen MR) is 104 cm³/mol. The number of halogens is 1. The van der Waals surface area contributed by atoms with Crippen LogP contribution in [0.5, 0.6) is 0 Å². The van der Waals surface area contributed by atoms with E-state index in [1.807, 2.05) is 34.9 Å². The van der Waals surface area contributed by atoms with E-state index in [1.54, 1.807) is 12.1 Å². The largest absolute Gasteiger partial charge is 0.356 e. The van der Waals surface area contributed by atoms with Crippen LogP contribution in [0.15, 0.2) is 73.7 Å². The fourth-order valence-corrected chi connectivity index (χ4v) is 3.03. The van der Waals surface area contributed by atoms with Crippen molar-refractivity contribution in [1.29, 1.82) is 5.26 Å². The van der Waals surface area contributed by atoms with Gasteiger partial charge in [-0.1, -0.05) is 24.3 Å². The van der Waals surface area contributed by atoms with E-state index in [1.165, 1.54) is 24.7 Å². The average molecular weight is 370 g/mol. The predicted octanol–water partition coefficient (Wildman–Crippen LogP) is 4.17. The monoisotopic (exact) mass is 370 g/mol. The Kier molecular flexibility index (Phi) is 4.52. The summed E-state index contributed by atoms with van der Waals surface area (Å²) >= 11 is 0. The molecule has 0 aliphatic carbocycles. The topological polar surface area (TPSA) is 79.4 Å². The highest BCUT2D eigenvalue weighted by Crippen LogP contribution is 2.28. The smallest absolute Gasteiger partial charge is 0.148 e. The van der Waals surface area contributed by atoms with Crippen LogP contribution in [0.3, 0.4) is 0 Å². The number of fused-ring (bicyclic) bond motifs is 1. The van der Waals surface area contributed by atoms with E-state index in [4.69, 9.17) is 0 Å². The number of aromatic nitrogens is 4. The average Bonchev–Trinajstić information content (AvgIpc) is 3.11. The van der Waals surface area contributed by atoms with Gasteiger partial charge in [0, 0.05) is 11.8 Å². The molecule has 0 amide bonds. The summed E-state index contributed by atoms with van der Waals surface area (Å²) in [4.78, 5) is 12.7. The molecule has 136 valence electrons. The molecule has 0 bridgehead atoms. The first-order valence-corrected chi connectivity index (χ1v) is 8.54. The van der Waals surface area contributed by atoms with E-state index in [0.717, 1.165) is 5.69 Å². The van der Waals surface area contributed by atoms with Crippen molar-refractivity contribution in [3.05, 3.63) is 90.9 Å². The number of hydrogen-bond donors (Lipinski definition) is 1. The third kappa shape index (κ3) is 3.08. The van der Waals surface area contributed by atoms with Gasteiger partial charge in [-0.2, -0.15) is 5.26 Å². The van der Waals surface area contributed by atoms with Gasteiger partial charge < -0.3 is 5.32 Å². The maximum absolute atomic E-state index is 13.9. The van der Waals surface area contributed by atoms with Crippen LogP contribution in [-0.2, 0) is 0 Å². The van der Waals surface area contributed by atoms with Crippen LogP contribution in [0.1, 0.15) is 17.4 Å². The first-order chi connectivity index (χ1) is 13.7. The molecule has 0 saturated heterocycles. The summed E-state index contributed by atoms with van der Waals surface area (Å²) in [6.07, 6.45) is 4.46. The Bertz CT molecular complexity index is 1190. The van der Waals surface area contributed by atoms with Gasteiger partial charge in [-0.05, 0) is 24.3 Å². The van der Waals surface area contributed by atoms with Crippen molar-refractivity contribution in [1.82, 2.24) is 19.5 Å². The molecule has 28 heavy (non-hydrogen) atoms. The Morgan fingerprint density at radius 1 is 1.21 bits per heavy atom. The zero-order valence-electron chi connectivity index (χ0n) is 14.7. The van der Waals surface area contributed by atoms with Crippen molar-refractivity contribution in [3.63, 3.8) is 0 Å². The molecule has 1 atom stereocenters. The van der Waals surface area contributed by atoms with E-state index in [9.17, 15) is 9.65 Å². The van der Waals surface area contributed by atoms with E-state index < -0.39 is 6.04 Å². The molecule has 2 aromatic carbocycles. The van der Waals surface area contributed by atoms with Gasteiger partial charge in [0.15, 0.2) is 0 Å². The number of anilines is 1. The zero-order chi connectivity index (χ0) is 19.5. The van der Waals surface area contributed by atoms with Gasteiger partial charge in [-0.3, -0.25) is 4.57 Å². The number of para-hydroxylation sites is 1. The van der Waals surface area contributed by atoms with Crippen molar-refractivity contribution >= 4 is 16.9 Å². The lowest BCUT2D eigenvalue weighted by molar-refractivity contribution is 0.629. The molecule has 0 radical (unpaired) electrons. The van der Waals surface area contributed by atoms with Crippen molar-refractivity contribution in [3.8, 4) is 11.8 Å². The fourth-order valence-electron chi connectivity index (χ4n) is 3.03. The minimum absolute atomic E-state index is 0.308. The highest BCUT2D eigenvalue weighted by atomic mass is 19.1. The van der Waals surface area contributed by atoms with Crippen LogP contribution >= 0.6 is 0 Å². The molecule has 0 aliphatic rings. The molecule has 6 nitrogen and oxygen atoms in total. The van der Waals surface area contributed by atoms with Crippen molar-refractivity contribution < 1.29 is 4.39 Å². The molecule has 7 heteroatoms.